The molecule has 0 aliphatic carbocycles. The van der Waals surface area contributed by atoms with Crippen LogP contribution in [-0.4, -0.2) is 29.0 Å². The number of halogens is 1. The molecule has 7 heteroatoms. The number of hydrogen-bond acceptors (Lipinski definition) is 5. The Morgan fingerprint density at radius 1 is 1.16 bits per heavy atom. The first-order valence-corrected chi connectivity index (χ1v) is 9.48. The summed E-state index contributed by atoms with van der Waals surface area (Å²) in [7, 11) is 0. The van der Waals surface area contributed by atoms with Crippen molar-refractivity contribution in [1.29, 1.82) is 0 Å². The lowest BCUT2D eigenvalue weighted by atomic mass is 9.96. The predicted molar refractivity (Wildman–Crippen MR) is 102 cm³/mol. The maximum Gasteiger partial charge on any atom is 0.227 e. The Morgan fingerprint density at radius 3 is 2.68 bits per heavy atom. The minimum atomic E-state index is 0.0209. The molecule has 2 aromatic heterocycles. The molecule has 0 unspecified atom stereocenters. The molecule has 0 atom stereocenters. The third-order valence-corrected chi connectivity index (χ3v) is 5.53. The summed E-state index contributed by atoms with van der Waals surface area (Å²) in [5, 5.41) is 5.27. The molecule has 1 saturated heterocycles. The van der Waals surface area contributed by atoms with Crippen LogP contribution in [0.25, 0.3) is 10.2 Å². The van der Waals surface area contributed by atoms with Crippen LogP contribution in [0.3, 0.4) is 0 Å². The molecule has 1 aliphatic heterocycles. The molecule has 25 heavy (non-hydrogen) atoms. The SMILES string of the molecule is O=C(Nc1ccccc1)C1CCN(c2nc(Cl)nc3ccsc23)CC1. The van der Waals surface area contributed by atoms with Crippen LogP contribution >= 0.6 is 22.9 Å². The summed E-state index contributed by atoms with van der Waals surface area (Å²) in [4.78, 5) is 23.3. The Labute approximate surface area is 154 Å². The monoisotopic (exact) mass is 372 g/mol. The lowest BCUT2D eigenvalue weighted by Gasteiger charge is -2.32. The van der Waals surface area contributed by atoms with Crippen molar-refractivity contribution in [3.05, 3.63) is 47.1 Å². The van der Waals surface area contributed by atoms with E-state index in [0.29, 0.717) is 0 Å². The molecule has 1 fully saturated rings. The molecule has 3 aromatic rings. The first-order valence-electron chi connectivity index (χ1n) is 8.22. The second-order valence-electron chi connectivity index (χ2n) is 6.07. The molecule has 0 saturated carbocycles. The normalized spacial score (nSPS) is 15.5. The number of anilines is 2. The standard InChI is InChI=1S/C18H17ClN4OS/c19-18-21-14-8-11-25-15(14)16(22-18)23-9-6-12(7-10-23)17(24)20-13-4-2-1-3-5-13/h1-5,8,11-12H,6-7,9-10H2,(H,20,24). The molecule has 1 aromatic carbocycles. The number of fused-ring (bicyclic) bond motifs is 1. The lowest BCUT2D eigenvalue weighted by Crippen LogP contribution is -2.38. The van der Waals surface area contributed by atoms with E-state index in [4.69, 9.17) is 11.6 Å². The van der Waals surface area contributed by atoms with Crippen molar-refractivity contribution in [2.75, 3.05) is 23.3 Å². The van der Waals surface area contributed by atoms with Crippen molar-refractivity contribution < 1.29 is 4.79 Å². The number of amides is 1. The molecule has 4 rings (SSSR count). The van der Waals surface area contributed by atoms with Gasteiger partial charge in [0.15, 0.2) is 5.82 Å². The second-order valence-corrected chi connectivity index (χ2v) is 7.32. The van der Waals surface area contributed by atoms with Gasteiger partial charge < -0.3 is 10.2 Å². The summed E-state index contributed by atoms with van der Waals surface area (Å²) >= 11 is 7.68. The molecule has 1 aliphatic rings. The van der Waals surface area contributed by atoms with E-state index in [1.165, 1.54) is 0 Å². The number of nitrogens with one attached hydrogen (secondary N) is 1. The van der Waals surface area contributed by atoms with Gasteiger partial charge in [-0.1, -0.05) is 18.2 Å². The quantitative estimate of drug-likeness (QED) is 0.700. The van der Waals surface area contributed by atoms with E-state index in [9.17, 15) is 4.79 Å². The van der Waals surface area contributed by atoms with Crippen LogP contribution in [0.4, 0.5) is 11.5 Å². The van der Waals surface area contributed by atoms with E-state index in [2.05, 4.69) is 20.2 Å². The highest BCUT2D eigenvalue weighted by molar-refractivity contribution is 7.17. The highest BCUT2D eigenvalue weighted by atomic mass is 35.5. The van der Waals surface area contributed by atoms with E-state index >= 15 is 0 Å². The third kappa shape index (κ3) is 3.45. The van der Waals surface area contributed by atoms with Gasteiger partial charge in [-0.25, -0.2) is 4.98 Å². The molecular formula is C18H17ClN4OS. The largest absolute Gasteiger partial charge is 0.355 e. The molecular weight excluding hydrogens is 356 g/mol. The van der Waals surface area contributed by atoms with E-state index in [1.54, 1.807) is 11.3 Å². The third-order valence-electron chi connectivity index (χ3n) is 4.47. The number of carbonyl (C=O) groups excluding carboxylic acids is 1. The first kappa shape index (κ1) is 16.3. The van der Waals surface area contributed by atoms with Crippen LogP contribution in [0.15, 0.2) is 41.8 Å². The van der Waals surface area contributed by atoms with E-state index < -0.39 is 0 Å². The Morgan fingerprint density at radius 2 is 1.92 bits per heavy atom. The highest BCUT2D eigenvalue weighted by Crippen LogP contribution is 2.32. The van der Waals surface area contributed by atoms with Gasteiger partial charge in [-0.05, 0) is 48.0 Å². The maximum absolute atomic E-state index is 12.5. The van der Waals surface area contributed by atoms with Crippen LogP contribution in [0.5, 0.6) is 0 Å². The van der Waals surface area contributed by atoms with Gasteiger partial charge in [0.25, 0.3) is 0 Å². The number of benzene rings is 1. The average molecular weight is 373 g/mol. The van der Waals surface area contributed by atoms with E-state index in [1.807, 2.05) is 41.8 Å². The van der Waals surface area contributed by atoms with Crippen molar-refractivity contribution in [2.45, 2.75) is 12.8 Å². The van der Waals surface area contributed by atoms with Gasteiger partial charge >= 0.3 is 0 Å². The zero-order valence-corrected chi connectivity index (χ0v) is 15.1. The van der Waals surface area contributed by atoms with Crippen LogP contribution in [0, 0.1) is 5.92 Å². The number of hydrogen-bond donors (Lipinski definition) is 1. The Balaban J connectivity index is 1.44. The van der Waals surface area contributed by atoms with Gasteiger partial charge in [0.1, 0.15) is 0 Å². The number of carbonyl (C=O) groups is 1. The summed E-state index contributed by atoms with van der Waals surface area (Å²) in [6.45, 7) is 1.57. The van der Waals surface area contributed by atoms with Gasteiger partial charge in [0, 0.05) is 24.7 Å². The average Bonchev–Trinajstić information content (AvgIpc) is 3.10. The molecule has 128 valence electrons. The summed E-state index contributed by atoms with van der Waals surface area (Å²) in [6.07, 6.45) is 1.60. The summed E-state index contributed by atoms with van der Waals surface area (Å²) in [5.74, 6) is 0.993. The van der Waals surface area contributed by atoms with Crippen LogP contribution < -0.4 is 10.2 Å². The van der Waals surface area contributed by atoms with Crippen molar-refractivity contribution >= 4 is 50.6 Å². The molecule has 1 N–H and O–H groups in total. The molecule has 0 spiro atoms. The lowest BCUT2D eigenvalue weighted by molar-refractivity contribution is -0.120. The van der Waals surface area contributed by atoms with Gasteiger partial charge in [0.05, 0.1) is 10.2 Å². The zero-order valence-electron chi connectivity index (χ0n) is 13.5. The number of aromatic nitrogens is 2. The summed E-state index contributed by atoms with van der Waals surface area (Å²) in [6, 6.07) is 11.5. The van der Waals surface area contributed by atoms with Crippen molar-refractivity contribution in [1.82, 2.24) is 9.97 Å². The fourth-order valence-corrected chi connectivity index (χ4v) is 4.17. The van der Waals surface area contributed by atoms with Crippen molar-refractivity contribution in [3.8, 4) is 0 Å². The molecule has 0 radical (unpaired) electrons. The predicted octanol–water partition coefficient (Wildman–Crippen LogP) is 4.20. The van der Waals surface area contributed by atoms with Crippen LogP contribution in [0.1, 0.15) is 12.8 Å². The number of nitrogens with zero attached hydrogens (tertiary/aromatic N) is 3. The summed E-state index contributed by atoms with van der Waals surface area (Å²) in [5.41, 5.74) is 1.72. The smallest absolute Gasteiger partial charge is 0.227 e. The number of piperidine rings is 1. The minimum absolute atomic E-state index is 0.0209. The number of rotatable bonds is 3. The van der Waals surface area contributed by atoms with Gasteiger partial charge in [-0.2, -0.15) is 4.98 Å². The van der Waals surface area contributed by atoms with Crippen molar-refractivity contribution in [3.63, 3.8) is 0 Å². The Kier molecular flexibility index (Phi) is 4.55. The second kappa shape index (κ2) is 6.98. The number of para-hydroxylation sites is 1. The fraction of sp³-hybridized carbons (Fsp3) is 0.278. The molecule has 1 amide bonds. The van der Waals surface area contributed by atoms with Gasteiger partial charge in [-0.15, -0.1) is 11.3 Å². The van der Waals surface area contributed by atoms with Crippen LogP contribution in [0.2, 0.25) is 5.28 Å². The zero-order chi connectivity index (χ0) is 17.2. The van der Waals surface area contributed by atoms with E-state index in [0.717, 1.165) is 47.7 Å². The minimum Gasteiger partial charge on any atom is -0.355 e. The van der Waals surface area contributed by atoms with E-state index in [-0.39, 0.29) is 17.1 Å². The summed E-state index contributed by atoms with van der Waals surface area (Å²) < 4.78 is 1.05. The van der Waals surface area contributed by atoms with Gasteiger partial charge in [0.2, 0.25) is 11.2 Å². The fourth-order valence-electron chi connectivity index (χ4n) is 3.15. The van der Waals surface area contributed by atoms with Crippen LogP contribution in [-0.2, 0) is 4.79 Å². The molecule has 5 nitrogen and oxygen atoms in total. The van der Waals surface area contributed by atoms with Gasteiger partial charge in [-0.3, -0.25) is 4.79 Å². The number of thiophene rings is 1. The maximum atomic E-state index is 12.5. The first-order chi connectivity index (χ1) is 12.2. The molecule has 3 heterocycles. The van der Waals surface area contributed by atoms with Crippen molar-refractivity contribution in [2.24, 2.45) is 5.92 Å². The topological polar surface area (TPSA) is 58.1 Å². The highest BCUT2D eigenvalue weighted by Gasteiger charge is 2.27. The Bertz CT molecular complexity index is 890. The molecule has 0 bridgehead atoms. The Hall–Kier alpha value is -2.18.